The fourth-order valence-electron chi connectivity index (χ4n) is 3.51. The monoisotopic (exact) mass is 550 g/mol. The number of aldehydes is 2. The minimum atomic E-state index is 0.760. The third-order valence-electron chi connectivity index (χ3n) is 5.12. The minimum Gasteiger partial charge on any atom is -0.297 e. The molecule has 2 nitrogen and oxygen atoms in total. The van der Waals surface area contributed by atoms with Crippen LogP contribution in [0.25, 0.3) is 48.8 Å². The van der Waals surface area contributed by atoms with Crippen molar-refractivity contribution in [2.75, 3.05) is 0 Å². The quantitative estimate of drug-likeness (QED) is 0.185. The summed E-state index contributed by atoms with van der Waals surface area (Å²) in [4.78, 5) is 35.7. The molecule has 6 aromatic heterocycles. The second-order valence-corrected chi connectivity index (χ2v) is 13.9. The van der Waals surface area contributed by atoms with Gasteiger partial charge < -0.3 is 0 Å². The largest absolute Gasteiger partial charge is 0.297 e. The zero-order chi connectivity index (χ0) is 23.1. The number of thiophene rings is 6. The highest BCUT2D eigenvalue weighted by Crippen LogP contribution is 2.45. The van der Waals surface area contributed by atoms with E-state index in [1.54, 1.807) is 22.7 Å². The van der Waals surface area contributed by atoms with Crippen molar-refractivity contribution in [3.63, 3.8) is 0 Å². The Kier molecular flexibility index (Phi) is 6.02. The summed E-state index contributed by atoms with van der Waals surface area (Å²) >= 11 is 10.2. The Bertz CT molecular complexity index is 1490. The predicted molar refractivity (Wildman–Crippen MR) is 152 cm³/mol. The van der Waals surface area contributed by atoms with Crippen LogP contribution < -0.4 is 0 Å². The van der Waals surface area contributed by atoms with Crippen LogP contribution in [0.1, 0.15) is 19.3 Å². The van der Waals surface area contributed by atoms with Crippen LogP contribution in [0, 0.1) is 0 Å². The van der Waals surface area contributed by atoms with Crippen molar-refractivity contribution in [2.45, 2.75) is 0 Å². The molecule has 0 fully saturated rings. The lowest BCUT2D eigenvalue weighted by atomic mass is 10.3. The summed E-state index contributed by atoms with van der Waals surface area (Å²) in [6.07, 6.45) is 1.82. The van der Waals surface area contributed by atoms with E-state index in [2.05, 4.69) is 48.5 Å². The number of carbonyl (C=O) groups is 2. The van der Waals surface area contributed by atoms with Gasteiger partial charge in [0.1, 0.15) is 0 Å². The lowest BCUT2D eigenvalue weighted by molar-refractivity contribution is 0.111. The first-order chi connectivity index (χ1) is 16.7. The van der Waals surface area contributed by atoms with E-state index in [1.807, 2.05) is 46.9 Å². The Labute approximate surface area is 220 Å². The molecule has 0 aromatic carbocycles. The normalized spacial score (nSPS) is 11.2. The van der Waals surface area contributed by atoms with Crippen molar-refractivity contribution in [3.05, 3.63) is 82.6 Å². The maximum Gasteiger partial charge on any atom is 0.160 e. The summed E-state index contributed by atoms with van der Waals surface area (Å²) < 4.78 is 0. The molecule has 6 rings (SSSR count). The Hall–Kier alpha value is -2.46. The van der Waals surface area contributed by atoms with Gasteiger partial charge in [0, 0.05) is 48.8 Å². The summed E-state index contributed by atoms with van der Waals surface area (Å²) in [5.74, 6) is 0. The minimum absolute atomic E-state index is 0.760. The van der Waals surface area contributed by atoms with Crippen LogP contribution in [-0.2, 0) is 0 Å². The molecule has 6 aromatic rings. The molecule has 0 saturated carbocycles. The van der Waals surface area contributed by atoms with E-state index in [9.17, 15) is 9.59 Å². The van der Waals surface area contributed by atoms with Gasteiger partial charge in [-0.2, -0.15) is 0 Å². The van der Waals surface area contributed by atoms with E-state index < -0.39 is 0 Å². The van der Waals surface area contributed by atoms with Crippen molar-refractivity contribution >= 4 is 80.6 Å². The third kappa shape index (κ3) is 4.22. The molecule has 34 heavy (non-hydrogen) atoms. The maximum absolute atomic E-state index is 11.0. The van der Waals surface area contributed by atoms with Gasteiger partial charge in [-0.15, -0.1) is 68.0 Å². The molecule has 6 heterocycles. The molecular weight excluding hydrogens is 537 g/mol. The van der Waals surface area contributed by atoms with Crippen LogP contribution in [0.4, 0.5) is 0 Å². The average Bonchev–Trinajstić information content (AvgIpc) is 3.69. The molecule has 0 aliphatic carbocycles. The van der Waals surface area contributed by atoms with Gasteiger partial charge in [0.25, 0.3) is 0 Å². The molecule has 0 aliphatic rings. The van der Waals surface area contributed by atoms with E-state index in [0.717, 1.165) is 32.1 Å². The highest BCUT2D eigenvalue weighted by Gasteiger charge is 2.13. The summed E-state index contributed by atoms with van der Waals surface area (Å²) in [7, 11) is 0. The van der Waals surface area contributed by atoms with Gasteiger partial charge in [-0.1, -0.05) is 0 Å². The molecule has 8 heteroatoms. The molecule has 0 amide bonds. The Balaban J connectivity index is 1.22. The zero-order valence-corrected chi connectivity index (χ0v) is 22.2. The Morgan fingerprint density at radius 3 is 0.735 bits per heavy atom. The smallest absolute Gasteiger partial charge is 0.160 e. The highest BCUT2D eigenvalue weighted by molar-refractivity contribution is 7.30. The van der Waals surface area contributed by atoms with Crippen LogP contribution in [-0.4, -0.2) is 12.6 Å². The molecule has 0 N–H and O–H groups in total. The van der Waals surface area contributed by atoms with Gasteiger partial charge in [-0.25, -0.2) is 0 Å². The number of hydrogen-bond acceptors (Lipinski definition) is 8. The molecular formula is C26H14O2S6. The van der Waals surface area contributed by atoms with E-state index in [-0.39, 0.29) is 0 Å². The molecule has 0 bridgehead atoms. The summed E-state index contributed by atoms with van der Waals surface area (Å²) in [5.41, 5.74) is 0. The predicted octanol–water partition coefficient (Wildman–Crippen LogP) is 10.0. The number of hydrogen-bond donors (Lipinski definition) is 0. The highest BCUT2D eigenvalue weighted by atomic mass is 32.1. The fourth-order valence-corrected chi connectivity index (χ4v) is 9.63. The first-order valence-electron chi connectivity index (χ1n) is 10.2. The average molecular weight is 551 g/mol. The fraction of sp³-hybridized carbons (Fsp3) is 0. The SMILES string of the molecule is O=Cc1ccc(-c2ccc(-c3ccc(-c4ccc(-c5ccc(-c6ccc(C=O)s6)s5)s4)s3)s2)s1. The molecule has 0 saturated heterocycles. The van der Waals surface area contributed by atoms with E-state index in [4.69, 9.17) is 0 Å². The molecule has 0 spiro atoms. The standard InChI is InChI=1S/C26H14O2S6/c27-13-15-1-3-17(29-15)19-5-7-21(31-19)23-9-11-25(33-23)26-12-10-24(34-26)22-8-6-20(32-22)18-4-2-16(14-28)30-18/h1-14H. The first-order valence-corrected chi connectivity index (χ1v) is 15.1. The summed E-state index contributed by atoms with van der Waals surface area (Å²) in [6, 6.07) is 25.2. The second kappa shape index (κ2) is 9.30. The van der Waals surface area contributed by atoms with E-state index in [1.165, 1.54) is 61.7 Å². The van der Waals surface area contributed by atoms with Gasteiger partial charge in [0.15, 0.2) is 12.6 Å². The molecule has 0 atom stereocenters. The molecule has 0 aliphatic heterocycles. The lowest BCUT2D eigenvalue weighted by Crippen LogP contribution is -1.62. The summed E-state index contributed by atoms with van der Waals surface area (Å²) in [6.45, 7) is 0. The van der Waals surface area contributed by atoms with Gasteiger partial charge in [-0.3, -0.25) is 9.59 Å². The van der Waals surface area contributed by atoms with Gasteiger partial charge in [-0.05, 0) is 72.8 Å². The van der Waals surface area contributed by atoms with Crippen LogP contribution in [0.3, 0.4) is 0 Å². The van der Waals surface area contributed by atoms with E-state index in [0.29, 0.717) is 0 Å². The van der Waals surface area contributed by atoms with Crippen molar-refractivity contribution < 1.29 is 9.59 Å². The molecule has 0 radical (unpaired) electrons. The van der Waals surface area contributed by atoms with Gasteiger partial charge in [0.05, 0.1) is 9.75 Å². The number of carbonyl (C=O) groups excluding carboxylic acids is 2. The van der Waals surface area contributed by atoms with Crippen molar-refractivity contribution in [1.29, 1.82) is 0 Å². The first kappa shape index (κ1) is 22.0. The lowest BCUT2D eigenvalue weighted by Gasteiger charge is -1.93. The van der Waals surface area contributed by atoms with Crippen LogP contribution in [0.15, 0.2) is 72.8 Å². The molecule has 0 unspecified atom stereocenters. The van der Waals surface area contributed by atoms with Crippen LogP contribution in [0.2, 0.25) is 0 Å². The second-order valence-electron chi connectivity index (χ2n) is 7.30. The number of rotatable bonds is 7. The van der Waals surface area contributed by atoms with Gasteiger partial charge in [0.2, 0.25) is 0 Å². The van der Waals surface area contributed by atoms with Crippen molar-refractivity contribution in [2.24, 2.45) is 0 Å². The van der Waals surface area contributed by atoms with Crippen LogP contribution in [0.5, 0.6) is 0 Å². The molecule has 166 valence electrons. The van der Waals surface area contributed by atoms with Gasteiger partial charge >= 0.3 is 0 Å². The zero-order valence-electron chi connectivity index (χ0n) is 17.3. The third-order valence-corrected chi connectivity index (χ3v) is 12.5. The summed E-state index contributed by atoms with van der Waals surface area (Å²) in [5, 5.41) is 0. The Morgan fingerprint density at radius 1 is 0.324 bits per heavy atom. The maximum atomic E-state index is 11.0. The van der Waals surface area contributed by atoms with Crippen LogP contribution >= 0.6 is 68.0 Å². The van der Waals surface area contributed by atoms with E-state index >= 15 is 0 Å². The van der Waals surface area contributed by atoms with Crippen molar-refractivity contribution in [3.8, 4) is 48.8 Å². The Morgan fingerprint density at radius 2 is 0.529 bits per heavy atom. The topological polar surface area (TPSA) is 34.1 Å². The van der Waals surface area contributed by atoms with Crippen molar-refractivity contribution in [1.82, 2.24) is 0 Å².